The lowest BCUT2D eigenvalue weighted by atomic mass is 9.71. The van der Waals surface area contributed by atoms with Gasteiger partial charge in [-0.25, -0.2) is 4.79 Å². The monoisotopic (exact) mass is 460 g/mol. The van der Waals surface area contributed by atoms with Crippen LogP contribution < -0.4 is 11.1 Å². The van der Waals surface area contributed by atoms with Crippen molar-refractivity contribution in [1.29, 1.82) is 0 Å². The van der Waals surface area contributed by atoms with Gasteiger partial charge < -0.3 is 20.5 Å². The molecule has 0 aromatic heterocycles. The summed E-state index contributed by atoms with van der Waals surface area (Å²) in [6.45, 7) is 5.22. The highest BCUT2D eigenvalue weighted by atomic mass is 79.9. The van der Waals surface area contributed by atoms with E-state index in [1.807, 2.05) is 0 Å². The highest BCUT2D eigenvalue weighted by Crippen LogP contribution is 2.51. The molecule has 1 unspecified atom stereocenters. The molecule has 3 N–H and O–H groups in total. The second kappa shape index (κ2) is 6.45. The van der Waals surface area contributed by atoms with E-state index in [1.54, 1.807) is 39.0 Å². The Morgan fingerprint density at radius 2 is 2.00 bits per heavy atom. The predicted molar refractivity (Wildman–Crippen MR) is 107 cm³/mol. The van der Waals surface area contributed by atoms with Gasteiger partial charge in [0.2, 0.25) is 5.88 Å². The van der Waals surface area contributed by atoms with E-state index in [0.717, 1.165) is 4.47 Å². The summed E-state index contributed by atoms with van der Waals surface area (Å²) in [6, 6.07) is 5.22. The largest absolute Gasteiger partial charge is 0.456 e. The van der Waals surface area contributed by atoms with Gasteiger partial charge >= 0.3 is 5.97 Å². The maximum absolute atomic E-state index is 13.2. The van der Waals surface area contributed by atoms with E-state index in [4.69, 9.17) is 15.2 Å². The van der Waals surface area contributed by atoms with E-state index in [-0.39, 0.29) is 28.9 Å². The minimum absolute atomic E-state index is 0.00435. The van der Waals surface area contributed by atoms with Crippen LogP contribution in [0.5, 0.6) is 0 Å². The van der Waals surface area contributed by atoms with Gasteiger partial charge in [0.1, 0.15) is 16.7 Å². The van der Waals surface area contributed by atoms with Gasteiger partial charge in [-0.3, -0.25) is 9.59 Å². The average Bonchev–Trinajstić information content (AvgIpc) is 2.87. The molecule has 3 aliphatic rings. The van der Waals surface area contributed by atoms with Gasteiger partial charge in [-0.1, -0.05) is 22.0 Å². The van der Waals surface area contributed by atoms with Gasteiger partial charge in [-0.15, -0.1) is 0 Å². The molecule has 1 aliphatic carbocycles. The first kappa shape index (κ1) is 19.7. The van der Waals surface area contributed by atoms with Gasteiger partial charge in [-0.2, -0.15) is 0 Å². The zero-order valence-corrected chi connectivity index (χ0v) is 17.9. The molecule has 1 aromatic rings. The fraction of sp³-hybridized carbons (Fsp3) is 0.381. The van der Waals surface area contributed by atoms with Crippen molar-refractivity contribution in [3.63, 3.8) is 0 Å². The second-order valence-electron chi connectivity index (χ2n) is 8.32. The SMILES string of the molecule is CC(C)(C)OC(=O)C1=C(N)OC2=C(CCCC2=O)C12NC(=O)c1cc(Br)ccc12. The molecule has 1 amide bonds. The molecule has 0 fully saturated rings. The number of Topliss-reactive ketones (excluding diaryl/α,β-unsaturated/α-hetero) is 1. The number of rotatable bonds is 1. The fourth-order valence-electron chi connectivity index (χ4n) is 4.15. The Bertz CT molecular complexity index is 1030. The summed E-state index contributed by atoms with van der Waals surface area (Å²) in [6.07, 6.45) is 1.40. The number of ether oxygens (including phenoxy) is 2. The van der Waals surface area contributed by atoms with Crippen molar-refractivity contribution in [3.8, 4) is 0 Å². The van der Waals surface area contributed by atoms with Crippen LogP contribution in [0.3, 0.4) is 0 Å². The molecule has 1 atom stereocenters. The molecule has 2 heterocycles. The standard InChI is InChI=1S/C21H21BrN2O5/c1-20(2,3)29-19(27)15-17(23)28-16-13(5-4-6-14(16)25)21(15)12-8-7-10(22)9-11(12)18(26)24-21/h7-9H,4-6,23H2,1-3H3,(H,24,26). The fourth-order valence-corrected chi connectivity index (χ4v) is 4.51. The summed E-state index contributed by atoms with van der Waals surface area (Å²) in [5.41, 5.74) is 5.49. The Morgan fingerprint density at radius 1 is 1.28 bits per heavy atom. The third-order valence-electron chi connectivity index (χ3n) is 5.18. The number of amides is 1. The number of esters is 1. The first-order valence-electron chi connectivity index (χ1n) is 9.35. The summed E-state index contributed by atoms with van der Waals surface area (Å²) < 4.78 is 11.9. The van der Waals surface area contributed by atoms with Gasteiger partial charge in [0.05, 0.1) is 0 Å². The van der Waals surface area contributed by atoms with E-state index < -0.39 is 17.1 Å². The van der Waals surface area contributed by atoms with E-state index in [1.165, 1.54) is 0 Å². The molecule has 7 nitrogen and oxygen atoms in total. The third-order valence-corrected chi connectivity index (χ3v) is 5.67. The van der Waals surface area contributed by atoms with Crippen molar-refractivity contribution in [2.75, 3.05) is 0 Å². The number of carbonyl (C=O) groups is 3. The molecule has 4 rings (SSSR count). The smallest absolute Gasteiger partial charge is 0.343 e. The summed E-state index contributed by atoms with van der Waals surface area (Å²) in [4.78, 5) is 38.7. The Kier molecular flexibility index (Phi) is 4.38. The molecule has 0 bridgehead atoms. The van der Waals surface area contributed by atoms with Crippen molar-refractivity contribution in [2.24, 2.45) is 5.73 Å². The Labute approximate surface area is 176 Å². The third kappa shape index (κ3) is 2.97. The van der Waals surface area contributed by atoms with Gasteiger partial charge in [0.15, 0.2) is 11.5 Å². The number of carbonyl (C=O) groups excluding carboxylic acids is 3. The minimum atomic E-state index is -1.39. The molecule has 0 radical (unpaired) electrons. The average molecular weight is 461 g/mol. The Morgan fingerprint density at radius 3 is 2.69 bits per heavy atom. The van der Waals surface area contributed by atoms with Crippen LogP contribution in [0.2, 0.25) is 0 Å². The van der Waals surface area contributed by atoms with Crippen molar-refractivity contribution in [1.82, 2.24) is 5.32 Å². The van der Waals surface area contributed by atoms with Crippen LogP contribution in [-0.4, -0.2) is 23.3 Å². The highest BCUT2D eigenvalue weighted by molar-refractivity contribution is 9.10. The van der Waals surface area contributed by atoms with Crippen molar-refractivity contribution in [2.45, 2.75) is 51.2 Å². The molecular weight excluding hydrogens is 440 g/mol. The Balaban J connectivity index is 2.00. The lowest BCUT2D eigenvalue weighted by Gasteiger charge is -2.41. The topological polar surface area (TPSA) is 108 Å². The van der Waals surface area contributed by atoms with E-state index in [0.29, 0.717) is 36.0 Å². The minimum Gasteiger partial charge on any atom is -0.456 e. The number of nitrogens with two attached hydrogens (primary N) is 1. The summed E-state index contributed by atoms with van der Waals surface area (Å²) in [5.74, 6) is -1.38. The van der Waals surface area contributed by atoms with Crippen LogP contribution in [0.15, 0.2) is 45.5 Å². The van der Waals surface area contributed by atoms with Crippen LogP contribution in [-0.2, 0) is 24.6 Å². The maximum Gasteiger partial charge on any atom is 0.343 e. The summed E-state index contributed by atoms with van der Waals surface area (Å²) in [5, 5.41) is 2.94. The zero-order valence-electron chi connectivity index (χ0n) is 16.3. The Hall–Kier alpha value is -2.61. The second-order valence-corrected chi connectivity index (χ2v) is 9.24. The van der Waals surface area contributed by atoms with Crippen molar-refractivity contribution >= 4 is 33.6 Å². The number of allylic oxidation sites excluding steroid dienone is 1. The highest BCUT2D eigenvalue weighted by Gasteiger charge is 2.57. The van der Waals surface area contributed by atoms with E-state index in [9.17, 15) is 14.4 Å². The molecule has 1 aromatic carbocycles. The molecule has 0 saturated heterocycles. The number of ketones is 1. The van der Waals surface area contributed by atoms with Crippen LogP contribution in [0.1, 0.15) is 56.0 Å². The van der Waals surface area contributed by atoms with Crippen LogP contribution >= 0.6 is 15.9 Å². The number of nitrogens with one attached hydrogen (secondary N) is 1. The number of hydrogen-bond donors (Lipinski definition) is 2. The molecule has 2 aliphatic heterocycles. The first-order chi connectivity index (χ1) is 13.5. The van der Waals surface area contributed by atoms with Crippen LogP contribution in [0.25, 0.3) is 0 Å². The number of hydrogen-bond acceptors (Lipinski definition) is 6. The lowest BCUT2D eigenvalue weighted by Crippen LogP contribution is -2.51. The van der Waals surface area contributed by atoms with Crippen LogP contribution in [0, 0.1) is 0 Å². The predicted octanol–water partition coefficient (Wildman–Crippen LogP) is 2.94. The summed E-state index contributed by atoms with van der Waals surface area (Å²) >= 11 is 3.38. The van der Waals surface area contributed by atoms with E-state index >= 15 is 0 Å². The first-order valence-corrected chi connectivity index (χ1v) is 10.1. The van der Waals surface area contributed by atoms with Gasteiger partial charge in [0.25, 0.3) is 5.91 Å². The van der Waals surface area contributed by atoms with Gasteiger partial charge in [0, 0.05) is 22.0 Å². The van der Waals surface area contributed by atoms with Gasteiger partial charge in [-0.05, 0) is 51.3 Å². The zero-order chi connectivity index (χ0) is 21.1. The molecule has 29 heavy (non-hydrogen) atoms. The molecule has 152 valence electrons. The van der Waals surface area contributed by atoms with E-state index in [2.05, 4.69) is 21.2 Å². The number of benzene rings is 1. The van der Waals surface area contributed by atoms with Crippen molar-refractivity contribution < 1.29 is 23.9 Å². The summed E-state index contributed by atoms with van der Waals surface area (Å²) in [7, 11) is 0. The normalized spacial score (nSPS) is 23.6. The molecule has 1 spiro atoms. The number of fused-ring (bicyclic) bond motifs is 3. The maximum atomic E-state index is 13.2. The van der Waals surface area contributed by atoms with Crippen LogP contribution in [0.4, 0.5) is 0 Å². The molecule has 8 heteroatoms. The number of halogens is 1. The molecule has 0 saturated carbocycles. The molecular formula is C21H21BrN2O5. The quantitative estimate of drug-likeness (QED) is 0.623. The lowest BCUT2D eigenvalue weighted by molar-refractivity contribution is -0.151. The van der Waals surface area contributed by atoms with Crippen molar-refractivity contribution in [3.05, 3.63) is 56.6 Å².